The Morgan fingerprint density at radius 3 is 2.57 bits per heavy atom. The summed E-state index contributed by atoms with van der Waals surface area (Å²) < 4.78 is -0.323. The van der Waals surface area contributed by atoms with Gasteiger partial charge in [-0.15, -0.1) is 24.2 Å². The number of hydrogen-bond donors (Lipinski definition) is 1. The van der Waals surface area contributed by atoms with Crippen LogP contribution in [0.15, 0.2) is 35.2 Å². The second kappa shape index (κ2) is 9.51. The van der Waals surface area contributed by atoms with Gasteiger partial charge in [-0.2, -0.15) is 0 Å². The zero-order valence-corrected chi connectivity index (χ0v) is 17.9. The van der Waals surface area contributed by atoms with Crippen LogP contribution in [0.25, 0.3) is 0 Å². The molecule has 28 heavy (non-hydrogen) atoms. The molecule has 1 aliphatic carbocycles. The molecule has 1 unspecified atom stereocenters. The molecule has 7 heteroatoms. The first kappa shape index (κ1) is 21.5. The average Bonchev–Trinajstić information content (AvgIpc) is 3.18. The van der Waals surface area contributed by atoms with E-state index in [9.17, 15) is 9.59 Å². The van der Waals surface area contributed by atoms with E-state index in [1.165, 1.54) is 4.90 Å². The monoisotopic (exact) mass is 423 g/mol. The number of nitrogens with zero attached hydrogens (tertiary/aromatic N) is 2. The third kappa shape index (κ3) is 4.50. The number of amides is 2. The molecule has 154 valence electrons. The third-order valence-electron chi connectivity index (χ3n) is 6.11. The molecular formula is C21H30ClN3O2S. The van der Waals surface area contributed by atoms with Crippen molar-refractivity contribution in [2.45, 2.75) is 54.2 Å². The number of halogens is 1. The third-order valence-corrected chi connectivity index (χ3v) is 7.59. The summed E-state index contributed by atoms with van der Waals surface area (Å²) in [5, 5.41) is 3.14. The lowest BCUT2D eigenvalue weighted by atomic mass is 9.99. The lowest BCUT2D eigenvalue weighted by Crippen LogP contribution is -2.59. The highest BCUT2D eigenvalue weighted by Crippen LogP contribution is 2.46. The minimum atomic E-state index is -0.323. The molecule has 2 heterocycles. The number of likely N-dealkylation sites (tertiary alicyclic amines) is 1. The second-order valence-corrected chi connectivity index (χ2v) is 9.38. The number of carbonyl (C=O) groups excluding carboxylic acids is 2. The number of piperidine rings is 1. The van der Waals surface area contributed by atoms with E-state index in [0.29, 0.717) is 19.0 Å². The average molecular weight is 424 g/mol. The first-order valence-corrected chi connectivity index (χ1v) is 11.0. The summed E-state index contributed by atoms with van der Waals surface area (Å²) in [5.74, 6) is 0.468. The summed E-state index contributed by atoms with van der Waals surface area (Å²) in [5.41, 5.74) is 0. The summed E-state index contributed by atoms with van der Waals surface area (Å²) >= 11 is 1.76. The fourth-order valence-electron chi connectivity index (χ4n) is 4.71. The molecule has 1 N–H and O–H groups in total. The van der Waals surface area contributed by atoms with Crippen LogP contribution in [-0.2, 0) is 9.59 Å². The van der Waals surface area contributed by atoms with Crippen molar-refractivity contribution in [3.05, 3.63) is 30.3 Å². The Morgan fingerprint density at radius 2 is 1.86 bits per heavy atom. The molecule has 1 atom stereocenters. The molecule has 1 saturated carbocycles. The van der Waals surface area contributed by atoms with Crippen LogP contribution in [-0.4, -0.2) is 65.1 Å². The fourth-order valence-corrected chi connectivity index (χ4v) is 6.16. The summed E-state index contributed by atoms with van der Waals surface area (Å²) in [4.78, 5) is 31.2. The Balaban J connectivity index is 0.00000225. The maximum Gasteiger partial charge on any atom is 0.239 e. The number of benzene rings is 1. The van der Waals surface area contributed by atoms with Gasteiger partial charge in [0.1, 0.15) is 0 Å². The van der Waals surface area contributed by atoms with Gasteiger partial charge in [-0.25, -0.2) is 0 Å². The van der Waals surface area contributed by atoms with E-state index in [2.05, 4.69) is 22.3 Å². The van der Waals surface area contributed by atoms with Crippen molar-refractivity contribution in [3.63, 3.8) is 0 Å². The highest BCUT2D eigenvalue weighted by atomic mass is 35.5. The quantitative estimate of drug-likeness (QED) is 0.808. The first-order valence-electron chi connectivity index (χ1n) is 10.2. The Kier molecular flexibility index (Phi) is 7.29. The van der Waals surface area contributed by atoms with Gasteiger partial charge in [0.2, 0.25) is 11.8 Å². The summed E-state index contributed by atoms with van der Waals surface area (Å²) in [6, 6.07) is 10.5. The van der Waals surface area contributed by atoms with Gasteiger partial charge in [-0.3, -0.25) is 9.59 Å². The Bertz CT molecular complexity index is 681. The van der Waals surface area contributed by atoms with Crippen LogP contribution < -0.4 is 5.32 Å². The number of carbonyl (C=O) groups is 2. The van der Waals surface area contributed by atoms with Crippen molar-refractivity contribution in [1.29, 1.82) is 0 Å². The number of hydrogen-bond acceptors (Lipinski definition) is 4. The van der Waals surface area contributed by atoms with Crippen LogP contribution in [0.1, 0.15) is 38.5 Å². The summed E-state index contributed by atoms with van der Waals surface area (Å²) in [6.07, 6.45) is 6.16. The van der Waals surface area contributed by atoms with Gasteiger partial charge < -0.3 is 15.1 Å². The van der Waals surface area contributed by atoms with E-state index in [1.54, 1.807) is 11.8 Å². The van der Waals surface area contributed by atoms with E-state index in [4.69, 9.17) is 0 Å². The van der Waals surface area contributed by atoms with E-state index < -0.39 is 0 Å². The Hall–Kier alpha value is -1.24. The summed E-state index contributed by atoms with van der Waals surface area (Å²) in [7, 11) is 0. The number of nitrogens with one attached hydrogen (secondary N) is 1. The Morgan fingerprint density at radius 1 is 1.11 bits per heavy atom. The molecule has 0 spiro atoms. The molecule has 2 saturated heterocycles. The van der Waals surface area contributed by atoms with Crippen LogP contribution in [0.2, 0.25) is 0 Å². The lowest BCUT2D eigenvalue weighted by molar-refractivity contribution is -0.141. The SMILES string of the molecule is Cl.O=C1CNCCN1C1CCCN(C(=O)C2(Sc3ccccc3)CCCC2)C1. The molecule has 0 radical (unpaired) electrons. The largest absolute Gasteiger partial charge is 0.339 e. The molecule has 3 aliphatic rings. The fraction of sp³-hybridized carbons (Fsp3) is 0.619. The molecule has 2 aliphatic heterocycles. The zero-order chi connectivity index (χ0) is 18.7. The minimum Gasteiger partial charge on any atom is -0.339 e. The van der Waals surface area contributed by atoms with Gasteiger partial charge in [-0.1, -0.05) is 31.0 Å². The van der Waals surface area contributed by atoms with Crippen molar-refractivity contribution in [2.24, 2.45) is 0 Å². The normalized spacial score (nSPS) is 24.7. The molecular weight excluding hydrogens is 394 g/mol. The van der Waals surface area contributed by atoms with Crippen molar-refractivity contribution in [2.75, 3.05) is 32.7 Å². The van der Waals surface area contributed by atoms with Gasteiger partial charge >= 0.3 is 0 Å². The Labute approximate surface area is 178 Å². The van der Waals surface area contributed by atoms with E-state index in [1.807, 2.05) is 23.1 Å². The number of piperazine rings is 1. The van der Waals surface area contributed by atoms with Crippen molar-refractivity contribution >= 4 is 36.0 Å². The maximum absolute atomic E-state index is 13.6. The highest BCUT2D eigenvalue weighted by molar-refractivity contribution is 8.01. The van der Waals surface area contributed by atoms with Crippen LogP contribution in [0.5, 0.6) is 0 Å². The van der Waals surface area contributed by atoms with Gasteiger partial charge in [-0.05, 0) is 37.8 Å². The van der Waals surface area contributed by atoms with Crippen molar-refractivity contribution < 1.29 is 9.59 Å². The standard InChI is InChI=1S/C21H29N3O2S.ClH/c25-19-15-22-12-14-24(19)17-7-6-13-23(16-17)20(26)21(10-4-5-11-21)27-18-8-2-1-3-9-18;/h1-3,8-9,17,22H,4-7,10-16H2;1H. The highest BCUT2D eigenvalue weighted by Gasteiger charge is 2.45. The lowest BCUT2D eigenvalue weighted by Gasteiger charge is -2.43. The van der Waals surface area contributed by atoms with Gasteiger partial charge in [0.25, 0.3) is 0 Å². The van der Waals surface area contributed by atoms with Crippen LogP contribution >= 0.6 is 24.2 Å². The predicted octanol–water partition coefficient (Wildman–Crippen LogP) is 2.94. The van der Waals surface area contributed by atoms with Crippen molar-refractivity contribution in [1.82, 2.24) is 15.1 Å². The molecule has 1 aromatic rings. The van der Waals surface area contributed by atoms with Gasteiger partial charge in [0, 0.05) is 37.1 Å². The predicted molar refractivity (Wildman–Crippen MR) is 115 cm³/mol. The zero-order valence-electron chi connectivity index (χ0n) is 16.3. The van der Waals surface area contributed by atoms with Gasteiger partial charge in [0.05, 0.1) is 11.3 Å². The molecule has 2 amide bonds. The summed E-state index contributed by atoms with van der Waals surface area (Å²) in [6.45, 7) is 3.56. The molecule has 3 fully saturated rings. The van der Waals surface area contributed by atoms with Crippen molar-refractivity contribution in [3.8, 4) is 0 Å². The molecule has 0 aromatic heterocycles. The first-order chi connectivity index (χ1) is 13.2. The second-order valence-electron chi connectivity index (χ2n) is 7.93. The molecule has 4 rings (SSSR count). The van der Waals surface area contributed by atoms with Crippen LogP contribution in [0.4, 0.5) is 0 Å². The van der Waals surface area contributed by atoms with E-state index in [-0.39, 0.29) is 29.1 Å². The van der Waals surface area contributed by atoms with Gasteiger partial charge in [0.15, 0.2) is 0 Å². The smallest absolute Gasteiger partial charge is 0.239 e. The van der Waals surface area contributed by atoms with E-state index >= 15 is 0 Å². The minimum absolute atomic E-state index is 0. The van der Waals surface area contributed by atoms with Crippen LogP contribution in [0.3, 0.4) is 0 Å². The molecule has 0 bridgehead atoms. The molecule has 5 nitrogen and oxygen atoms in total. The topological polar surface area (TPSA) is 52.7 Å². The van der Waals surface area contributed by atoms with E-state index in [0.717, 1.165) is 58.2 Å². The maximum atomic E-state index is 13.6. The molecule has 1 aromatic carbocycles. The van der Waals surface area contributed by atoms with Crippen LogP contribution in [0, 0.1) is 0 Å². The number of thioether (sulfide) groups is 1. The number of rotatable bonds is 4.